The van der Waals surface area contributed by atoms with E-state index in [0.717, 1.165) is 5.56 Å². The molecule has 2 aliphatic rings. The maximum absolute atomic E-state index is 13.0. The van der Waals surface area contributed by atoms with Crippen molar-refractivity contribution in [1.29, 1.82) is 0 Å². The highest BCUT2D eigenvalue weighted by atomic mass is 35.5. The molecule has 1 saturated carbocycles. The lowest BCUT2D eigenvalue weighted by molar-refractivity contribution is -0.105. The van der Waals surface area contributed by atoms with E-state index in [9.17, 15) is 25.2 Å². The van der Waals surface area contributed by atoms with Gasteiger partial charge < -0.3 is 30.3 Å². The number of aliphatic hydroxyl groups is 5. The highest BCUT2D eigenvalue weighted by Crippen LogP contribution is 2.41. The number of carbonyl (C=O) groups excluding carboxylic acids is 1. The number of fused-ring (bicyclic) bond motifs is 1. The third-order valence-corrected chi connectivity index (χ3v) is 6.62. The Morgan fingerprint density at radius 3 is 2.41 bits per heavy atom. The number of benzene rings is 2. The minimum absolute atomic E-state index is 0.156. The van der Waals surface area contributed by atoms with Crippen LogP contribution < -0.4 is 4.74 Å². The number of ether oxygens (including phenoxy) is 1. The summed E-state index contributed by atoms with van der Waals surface area (Å²) >= 11 is 6.58. The smallest absolute Gasteiger partial charge is 0.194 e. The van der Waals surface area contributed by atoms with Gasteiger partial charge in [-0.1, -0.05) is 35.9 Å². The van der Waals surface area contributed by atoms with Crippen molar-refractivity contribution in [3.63, 3.8) is 0 Å². The van der Waals surface area contributed by atoms with E-state index in [1.807, 2.05) is 12.1 Å². The van der Waals surface area contributed by atoms with Crippen LogP contribution in [-0.2, 0) is 12.8 Å². The minimum Gasteiger partial charge on any atom is -0.491 e. The zero-order valence-corrected chi connectivity index (χ0v) is 18.2. The lowest BCUT2D eigenvalue weighted by Gasteiger charge is -2.25. The molecule has 1 heterocycles. The Morgan fingerprint density at radius 1 is 1.09 bits per heavy atom. The molecule has 4 rings (SSSR count). The molecule has 2 aromatic rings. The van der Waals surface area contributed by atoms with Gasteiger partial charge in [-0.05, 0) is 47.9 Å². The molecule has 1 fully saturated rings. The number of Topliss-reactive ketones (excluding diaryl/α,β-unsaturated/α-hetero) is 1. The van der Waals surface area contributed by atoms with E-state index in [1.54, 1.807) is 6.07 Å². The van der Waals surface area contributed by atoms with Crippen LogP contribution in [0.2, 0.25) is 5.02 Å². The van der Waals surface area contributed by atoms with Gasteiger partial charge in [-0.25, -0.2) is 0 Å². The first-order valence-corrected chi connectivity index (χ1v) is 11.1. The lowest BCUT2D eigenvalue weighted by atomic mass is 9.90. The predicted octanol–water partition coefficient (Wildman–Crippen LogP) is 1.36. The molecule has 2 aromatic carbocycles. The molecular weight excluding hydrogens is 436 g/mol. The largest absolute Gasteiger partial charge is 0.491 e. The summed E-state index contributed by atoms with van der Waals surface area (Å²) in [5.74, 6) is 0.225. The Labute approximate surface area is 190 Å². The van der Waals surface area contributed by atoms with Crippen molar-refractivity contribution in [2.45, 2.75) is 56.0 Å². The molecule has 172 valence electrons. The van der Waals surface area contributed by atoms with Gasteiger partial charge in [-0.15, -0.1) is 0 Å². The van der Waals surface area contributed by atoms with Gasteiger partial charge in [0.2, 0.25) is 0 Å². The molecule has 4 atom stereocenters. The van der Waals surface area contributed by atoms with E-state index in [4.69, 9.17) is 21.4 Å². The van der Waals surface area contributed by atoms with Crippen molar-refractivity contribution >= 4 is 17.4 Å². The van der Waals surface area contributed by atoms with Crippen molar-refractivity contribution < 1.29 is 35.1 Å². The third kappa shape index (κ3) is 4.55. The van der Waals surface area contributed by atoms with Crippen LogP contribution in [0.25, 0.3) is 0 Å². The molecule has 0 radical (unpaired) electrons. The van der Waals surface area contributed by atoms with Gasteiger partial charge >= 0.3 is 0 Å². The van der Waals surface area contributed by atoms with Crippen molar-refractivity contribution in [3.05, 3.63) is 63.2 Å². The van der Waals surface area contributed by atoms with E-state index >= 15 is 0 Å². The van der Waals surface area contributed by atoms with Crippen LogP contribution in [0, 0.1) is 0 Å². The van der Waals surface area contributed by atoms with Gasteiger partial charge in [0.1, 0.15) is 30.2 Å². The van der Waals surface area contributed by atoms with Crippen molar-refractivity contribution in [2.24, 2.45) is 0 Å². The molecule has 7 nitrogen and oxygen atoms in total. The molecule has 5 N–H and O–H groups in total. The predicted molar refractivity (Wildman–Crippen MR) is 117 cm³/mol. The summed E-state index contributed by atoms with van der Waals surface area (Å²) in [5, 5.41) is 49.3. The molecule has 0 aromatic heterocycles. The van der Waals surface area contributed by atoms with E-state index in [-0.39, 0.29) is 5.56 Å². The highest BCUT2D eigenvalue weighted by molar-refractivity contribution is 6.33. The van der Waals surface area contributed by atoms with Crippen LogP contribution in [0.3, 0.4) is 0 Å². The Bertz CT molecular complexity index is 987. The number of aliphatic hydroxyl groups excluding tert-OH is 5. The zero-order valence-electron chi connectivity index (χ0n) is 17.4. The Kier molecular flexibility index (Phi) is 6.86. The molecule has 1 aliphatic carbocycles. The van der Waals surface area contributed by atoms with E-state index in [2.05, 4.69) is 12.1 Å². The Balaban J connectivity index is 1.62. The van der Waals surface area contributed by atoms with E-state index in [1.165, 1.54) is 18.4 Å². The highest BCUT2D eigenvalue weighted by Gasteiger charge is 2.37. The van der Waals surface area contributed by atoms with Gasteiger partial charge in [0.05, 0.1) is 18.2 Å². The summed E-state index contributed by atoms with van der Waals surface area (Å²) in [7, 11) is 0. The fourth-order valence-corrected chi connectivity index (χ4v) is 4.40. The first-order chi connectivity index (χ1) is 15.3. The second-order valence-corrected chi connectivity index (χ2v) is 8.91. The summed E-state index contributed by atoms with van der Waals surface area (Å²) < 4.78 is 5.65. The fourth-order valence-electron chi connectivity index (χ4n) is 4.11. The monoisotopic (exact) mass is 462 g/mol. The van der Waals surface area contributed by atoms with Gasteiger partial charge in [0, 0.05) is 17.5 Å². The van der Waals surface area contributed by atoms with Gasteiger partial charge in [-0.2, -0.15) is 0 Å². The molecule has 0 bridgehead atoms. The molecule has 1 aliphatic heterocycles. The third-order valence-electron chi connectivity index (χ3n) is 6.21. The summed E-state index contributed by atoms with van der Waals surface area (Å²) in [4.78, 5) is 13.0. The zero-order chi connectivity index (χ0) is 23.0. The van der Waals surface area contributed by atoms with Crippen molar-refractivity contribution in [3.8, 4) is 5.75 Å². The van der Waals surface area contributed by atoms with Crippen LogP contribution in [0.1, 0.15) is 51.4 Å². The number of halogens is 1. The van der Waals surface area contributed by atoms with Crippen LogP contribution in [0.5, 0.6) is 5.75 Å². The molecular formula is C24H27ClO7. The number of hydrogen-bond donors (Lipinski definition) is 5. The maximum atomic E-state index is 13.0. The number of ketones is 1. The first kappa shape index (κ1) is 23.2. The van der Waals surface area contributed by atoms with Crippen molar-refractivity contribution in [2.75, 3.05) is 13.2 Å². The van der Waals surface area contributed by atoms with Crippen LogP contribution in [0.15, 0.2) is 30.3 Å². The topological polar surface area (TPSA) is 127 Å². The average Bonchev–Trinajstić information content (AvgIpc) is 3.54. The molecule has 0 saturated heterocycles. The summed E-state index contributed by atoms with van der Waals surface area (Å²) in [5.41, 5.74) is 3.66. The SMILES string of the molecule is O=C(c1cc(Cc2ccc(C3CC3)cc2)c(Cl)c2c1CCO2)[C@H](O)[C@@H](O)[C@H](O)C(O)CO. The summed E-state index contributed by atoms with van der Waals surface area (Å²) in [6, 6.07) is 9.86. The Hall–Kier alpha value is -2.00. The molecule has 32 heavy (non-hydrogen) atoms. The summed E-state index contributed by atoms with van der Waals surface area (Å²) in [6.45, 7) is -0.494. The summed E-state index contributed by atoms with van der Waals surface area (Å²) in [6.07, 6.45) is -4.25. The standard InChI is InChI=1S/C24H27ClO7/c25-19-15(9-12-1-3-13(4-2-12)14-5-6-14)10-17(16-7-8-32-24(16)19)20(28)22(30)23(31)21(29)18(27)11-26/h1-4,10,14,18,21-23,26-27,29-31H,5-9,11H2/t18?,21-,22+,23+/m1/s1. The van der Waals surface area contributed by atoms with E-state index in [0.29, 0.717) is 47.3 Å². The van der Waals surface area contributed by atoms with Crippen LogP contribution in [0.4, 0.5) is 0 Å². The van der Waals surface area contributed by atoms with Crippen LogP contribution in [-0.4, -0.2) is 68.9 Å². The quantitative estimate of drug-likeness (QED) is 0.356. The van der Waals surface area contributed by atoms with Gasteiger partial charge in [-0.3, -0.25) is 4.79 Å². The average molecular weight is 463 g/mol. The van der Waals surface area contributed by atoms with Gasteiger partial charge in [0.15, 0.2) is 5.78 Å². The molecule has 0 spiro atoms. The molecule has 8 heteroatoms. The normalized spacial score (nSPS) is 19.1. The van der Waals surface area contributed by atoms with Gasteiger partial charge in [0.25, 0.3) is 0 Å². The fraction of sp³-hybridized carbons (Fsp3) is 0.458. The molecule has 0 amide bonds. The number of hydrogen-bond acceptors (Lipinski definition) is 7. The lowest BCUT2D eigenvalue weighted by Crippen LogP contribution is -2.48. The second kappa shape index (κ2) is 9.47. The maximum Gasteiger partial charge on any atom is 0.194 e. The number of rotatable bonds is 9. The first-order valence-electron chi connectivity index (χ1n) is 10.7. The Morgan fingerprint density at radius 2 is 1.78 bits per heavy atom. The van der Waals surface area contributed by atoms with Crippen LogP contribution >= 0.6 is 11.6 Å². The number of carbonyl (C=O) groups is 1. The van der Waals surface area contributed by atoms with E-state index < -0.39 is 36.8 Å². The minimum atomic E-state index is -2.00. The van der Waals surface area contributed by atoms with Crippen molar-refractivity contribution in [1.82, 2.24) is 0 Å². The molecule has 1 unspecified atom stereocenters. The second-order valence-electron chi connectivity index (χ2n) is 8.54.